The van der Waals surface area contributed by atoms with Gasteiger partial charge in [-0.3, -0.25) is 0 Å². The topological polar surface area (TPSA) is 61.1 Å². The van der Waals surface area contributed by atoms with E-state index in [1.165, 1.54) is 19.5 Å². The zero-order valence-electron chi connectivity index (χ0n) is 13.8. The number of nitrogens with zero attached hydrogens (tertiary/aromatic N) is 1. The highest BCUT2D eigenvalue weighted by molar-refractivity contribution is 7.99. The number of unbranched alkanes of at least 4 members (excludes halogenated alkanes) is 1. The monoisotopic (exact) mass is 393 g/mol. The third-order valence-electron chi connectivity index (χ3n) is 3.86. The molecular weight excluding hydrogens is 374 g/mol. The van der Waals surface area contributed by atoms with Crippen LogP contribution in [0.4, 0.5) is 0 Å². The number of hydrogen-bond donors (Lipinski definition) is 0. The lowest BCUT2D eigenvalue weighted by molar-refractivity contribution is -0.673. The molecular formula is C18H19NO3S3. The number of hydrogen-bond acceptors (Lipinski definition) is 5. The highest BCUT2D eigenvalue weighted by Gasteiger charge is 2.17. The Labute approximate surface area is 156 Å². The largest absolute Gasteiger partial charge is 0.748 e. The number of aryl methyl sites for hydroxylation is 2. The van der Waals surface area contributed by atoms with Crippen molar-refractivity contribution in [1.82, 2.24) is 0 Å². The molecule has 0 N–H and O–H groups in total. The molecule has 0 aliphatic heterocycles. The normalized spacial score (nSPS) is 11.9. The average Bonchev–Trinajstić information content (AvgIpc) is 2.87. The molecule has 0 amide bonds. The summed E-state index contributed by atoms with van der Waals surface area (Å²) in [6, 6.07) is 16.7. The van der Waals surface area contributed by atoms with E-state index in [1.54, 1.807) is 23.1 Å². The van der Waals surface area contributed by atoms with Crippen LogP contribution in [0.1, 0.15) is 17.8 Å². The van der Waals surface area contributed by atoms with Crippen LogP contribution in [0.5, 0.6) is 0 Å². The van der Waals surface area contributed by atoms with Gasteiger partial charge in [-0.25, -0.2) is 8.42 Å². The SMILES string of the molecule is Cc1sc2ccc(Sc3ccccc3)cc2[n+]1CCCCS(=O)(=O)[O-]. The third kappa shape index (κ3) is 5.04. The number of thiazole rings is 1. The van der Waals surface area contributed by atoms with Gasteiger partial charge in [0.1, 0.15) is 11.2 Å². The molecule has 3 rings (SSSR count). The van der Waals surface area contributed by atoms with E-state index in [4.69, 9.17) is 0 Å². The molecule has 1 heterocycles. The highest BCUT2D eigenvalue weighted by Crippen LogP contribution is 2.31. The zero-order valence-corrected chi connectivity index (χ0v) is 16.3. The van der Waals surface area contributed by atoms with E-state index in [9.17, 15) is 13.0 Å². The summed E-state index contributed by atoms with van der Waals surface area (Å²) >= 11 is 3.45. The first-order valence-electron chi connectivity index (χ1n) is 8.02. The summed E-state index contributed by atoms with van der Waals surface area (Å²) in [5.41, 5.74) is 1.16. The first-order valence-corrected chi connectivity index (χ1v) is 11.2. The quantitative estimate of drug-likeness (QED) is 0.346. The van der Waals surface area contributed by atoms with E-state index in [1.807, 2.05) is 18.2 Å². The predicted molar refractivity (Wildman–Crippen MR) is 101 cm³/mol. The molecule has 2 aromatic carbocycles. The van der Waals surface area contributed by atoms with Gasteiger partial charge < -0.3 is 4.55 Å². The van der Waals surface area contributed by atoms with Crippen molar-refractivity contribution in [3.63, 3.8) is 0 Å². The van der Waals surface area contributed by atoms with Gasteiger partial charge in [0, 0.05) is 35.0 Å². The van der Waals surface area contributed by atoms with Crippen LogP contribution in [0.15, 0.2) is 58.3 Å². The minimum atomic E-state index is -4.12. The van der Waals surface area contributed by atoms with Crippen molar-refractivity contribution in [2.45, 2.75) is 36.1 Å². The van der Waals surface area contributed by atoms with Crippen LogP contribution < -0.4 is 4.57 Å². The highest BCUT2D eigenvalue weighted by atomic mass is 32.2. The van der Waals surface area contributed by atoms with Crippen LogP contribution in [0.3, 0.4) is 0 Å². The Morgan fingerprint density at radius 3 is 2.56 bits per heavy atom. The van der Waals surface area contributed by atoms with Crippen molar-refractivity contribution in [2.24, 2.45) is 0 Å². The van der Waals surface area contributed by atoms with Gasteiger partial charge in [0.15, 0.2) is 0 Å². The van der Waals surface area contributed by atoms with Crippen molar-refractivity contribution < 1.29 is 17.5 Å². The molecule has 132 valence electrons. The predicted octanol–water partition coefficient (Wildman–Crippen LogP) is 3.97. The van der Waals surface area contributed by atoms with Crippen molar-refractivity contribution in [1.29, 1.82) is 0 Å². The lowest BCUT2D eigenvalue weighted by Crippen LogP contribution is -2.35. The van der Waals surface area contributed by atoms with E-state index in [0.29, 0.717) is 12.8 Å². The third-order valence-corrected chi connectivity index (χ3v) is 6.73. The Morgan fingerprint density at radius 2 is 1.84 bits per heavy atom. The number of fused-ring (bicyclic) bond motifs is 1. The molecule has 0 fully saturated rings. The van der Waals surface area contributed by atoms with Crippen LogP contribution in [-0.2, 0) is 16.7 Å². The first kappa shape index (κ1) is 18.4. The van der Waals surface area contributed by atoms with E-state index < -0.39 is 10.1 Å². The van der Waals surface area contributed by atoms with Crippen molar-refractivity contribution in [2.75, 3.05) is 5.75 Å². The maximum atomic E-state index is 10.7. The van der Waals surface area contributed by atoms with Crippen LogP contribution >= 0.6 is 23.1 Å². The van der Waals surface area contributed by atoms with Crippen LogP contribution in [0, 0.1) is 6.92 Å². The van der Waals surface area contributed by atoms with Crippen molar-refractivity contribution in [3.05, 3.63) is 53.5 Å². The van der Waals surface area contributed by atoms with Gasteiger partial charge in [0.2, 0.25) is 10.5 Å². The maximum Gasteiger partial charge on any atom is 0.235 e. The molecule has 0 bridgehead atoms. The molecule has 3 aromatic rings. The zero-order chi connectivity index (χ0) is 17.9. The molecule has 0 unspecified atom stereocenters. The van der Waals surface area contributed by atoms with Gasteiger partial charge in [-0.2, -0.15) is 4.57 Å². The van der Waals surface area contributed by atoms with Gasteiger partial charge >= 0.3 is 0 Å². The average molecular weight is 394 g/mol. The van der Waals surface area contributed by atoms with Crippen LogP contribution in [0.2, 0.25) is 0 Å². The molecule has 0 saturated heterocycles. The Morgan fingerprint density at radius 1 is 1.08 bits per heavy atom. The molecule has 4 nitrogen and oxygen atoms in total. The summed E-state index contributed by atoms with van der Waals surface area (Å²) in [6.45, 7) is 2.79. The second-order valence-electron chi connectivity index (χ2n) is 5.79. The summed E-state index contributed by atoms with van der Waals surface area (Å²) in [5, 5.41) is 1.18. The van der Waals surface area contributed by atoms with Gasteiger partial charge in [-0.1, -0.05) is 41.3 Å². The van der Waals surface area contributed by atoms with E-state index in [-0.39, 0.29) is 5.75 Å². The first-order chi connectivity index (χ1) is 11.9. The second-order valence-corrected chi connectivity index (χ2v) is 9.69. The Balaban J connectivity index is 1.78. The van der Waals surface area contributed by atoms with Crippen molar-refractivity contribution in [3.8, 4) is 0 Å². The fraction of sp³-hybridized carbons (Fsp3) is 0.278. The Bertz CT molecular complexity index is 966. The van der Waals surface area contributed by atoms with Crippen LogP contribution in [-0.4, -0.2) is 18.7 Å². The van der Waals surface area contributed by atoms with E-state index in [2.05, 4.69) is 41.8 Å². The molecule has 0 aliphatic rings. The molecule has 0 radical (unpaired) electrons. The van der Waals surface area contributed by atoms with E-state index in [0.717, 1.165) is 12.1 Å². The lowest BCUT2D eigenvalue weighted by Gasteiger charge is -2.05. The second kappa shape index (κ2) is 7.86. The number of benzene rings is 2. The summed E-state index contributed by atoms with van der Waals surface area (Å²) < 4.78 is 35.6. The fourth-order valence-corrected chi connectivity index (χ4v) is 5.15. The lowest BCUT2D eigenvalue weighted by atomic mass is 10.3. The minimum absolute atomic E-state index is 0.288. The Hall–Kier alpha value is -1.41. The van der Waals surface area contributed by atoms with Gasteiger partial charge in [0.05, 0.1) is 10.1 Å². The number of rotatable bonds is 7. The molecule has 0 aliphatic carbocycles. The molecule has 0 spiro atoms. The summed E-state index contributed by atoms with van der Waals surface area (Å²) in [5.74, 6) is -0.288. The standard InChI is InChI=1S/C18H19NO3S3/c1-14-19(11-5-6-12-25(20,21)22)17-13-16(9-10-18(17)23-14)24-15-7-3-2-4-8-15/h2-4,7-10,13H,5-6,11-12H2,1H3. The molecule has 1 aromatic heterocycles. The smallest absolute Gasteiger partial charge is 0.235 e. The van der Waals surface area contributed by atoms with Gasteiger partial charge in [-0.05, 0) is 30.7 Å². The maximum absolute atomic E-state index is 10.7. The fourth-order valence-electron chi connectivity index (χ4n) is 2.69. The molecule has 0 saturated carbocycles. The molecule has 7 heteroatoms. The Kier molecular flexibility index (Phi) is 5.78. The van der Waals surface area contributed by atoms with E-state index >= 15 is 0 Å². The van der Waals surface area contributed by atoms with Crippen LogP contribution in [0.25, 0.3) is 10.2 Å². The van der Waals surface area contributed by atoms with Gasteiger partial charge in [-0.15, -0.1) is 0 Å². The molecule has 0 atom stereocenters. The van der Waals surface area contributed by atoms with Gasteiger partial charge in [0.25, 0.3) is 0 Å². The summed E-state index contributed by atoms with van der Waals surface area (Å²) in [6.07, 6.45) is 1.07. The summed E-state index contributed by atoms with van der Waals surface area (Å²) in [4.78, 5) is 2.37. The van der Waals surface area contributed by atoms with Crippen molar-refractivity contribution >= 4 is 43.4 Å². The minimum Gasteiger partial charge on any atom is -0.748 e. The molecule has 25 heavy (non-hydrogen) atoms. The number of aromatic nitrogens is 1. The summed E-state index contributed by atoms with van der Waals surface area (Å²) in [7, 11) is -4.12.